The molecule has 132 valence electrons. The van der Waals surface area contributed by atoms with Gasteiger partial charge in [-0.05, 0) is 67.2 Å². The zero-order valence-electron chi connectivity index (χ0n) is 14.0. The minimum atomic E-state index is -3.64. The van der Waals surface area contributed by atoms with Crippen molar-refractivity contribution in [3.05, 3.63) is 28.3 Å². The van der Waals surface area contributed by atoms with E-state index in [1.807, 2.05) is 0 Å². The number of carbonyl (C=O) groups is 1. The normalized spacial score (nSPS) is 15.9. The Morgan fingerprint density at radius 3 is 2.33 bits per heavy atom. The fourth-order valence-corrected chi connectivity index (χ4v) is 4.63. The third kappa shape index (κ3) is 3.72. The van der Waals surface area contributed by atoms with E-state index in [1.165, 1.54) is 29.4 Å². The molecule has 1 aromatic rings. The van der Waals surface area contributed by atoms with Crippen LogP contribution in [0.2, 0.25) is 0 Å². The average Bonchev–Trinajstić information content (AvgIpc) is 3.15. The number of nitrogens with one attached hydrogen (secondary N) is 2. The van der Waals surface area contributed by atoms with Gasteiger partial charge >= 0.3 is 6.03 Å². The Balaban J connectivity index is 1.74. The van der Waals surface area contributed by atoms with Crippen LogP contribution in [-0.4, -0.2) is 33.9 Å². The third-order valence-corrected chi connectivity index (χ3v) is 6.04. The summed E-state index contributed by atoms with van der Waals surface area (Å²) in [6, 6.07) is 1.61. The van der Waals surface area contributed by atoms with Crippen LogP contribution in [0, 0.1) is 0 Å². The molecule has 0 saturated heterocycles. The number of anilines is 1. The van der Waals surface area contributed by atoms with Gasteiger partial charge < -0.3 is 10.1 Å². The van der Waals surface area contributed by atoms with Crippen LogP contribution in [0.1, 0.15) is 41.5 Å². The highest BCUT2D eigenvalue weighted by molar-refractivity contribution is 7.90. The SMILES string of the molecule is COCCCS(=O)(=O)NC(=O)Nc1c2c(cc3c1CCC3)CCC2. The molecule has 0 aliphatic heterocycles. The van der Waals surface area contributed by atoms with Gasteiger partial charge in [-0.1, -0.05) is 6.07 Å². The van der Waals surface area contributed by atoms with Crippen molar-refractivity contribution in [3.8, 4) is 0 Å². The summed E-state index contributed by atoms with van der Waals surface area (Å²) in [5.74, 6) is -0.126. The quantitative estimate of drug-likeness (QED) is 0.768. The molecule has 2 N–H and O–H groups in total. The molecule has 7 heteroatoms. The number of hydrogen-bond donors (Lipinski definition) is 2. The van der Waals surface area contributed by atoms with Crippen LogP contribution < -0.4 is 10.0 Å². The predicted octanol–water partition coefficient (Wildman–Crippen LogP) is 2.15. The van der Waals surface area contributed by atoms with Crippen molar-refractivity contribution in [2.24, 2.45) is 0 Å². The molecule has 0 radical (unpaired) electrons. The minimum Gasteiger partial charge on any atom is -0.385 e. The Bertz CT molecular complexity index is 711. The van der Waals surface area contributed by atoms with Crippen LogP contribution in [0.15, 0.2) is 6.07 Å². The molecule has 2 amide bonds. The van der Waals surface area contributed by atoms with E-state index >= 15 is 0 Å². The van der Waals surface area contributed by atoms with Gasteiger partial charge in [0.25, 0.3) is 0 Å². The highest BCUT2D eigenvalue weighted by Crippen LogP contribution is 2.38. The number of benzene rings is 1. The Kier molecular flexibility index (Phi) is 5.10. The molecule has 0 aromatic heterocycles. The van der Waals surface area contributed by atoms with Gasteiger partial charge in [-0.25, -0.2) is 17.9 Å². The lowest BCUT2D eigenvalue weighted by molar-refractivity contribution is 0.199. The minimum absolute atomic E-state index is 0.126. The van der Waals surface area contributed by atoms with Crippen molar-refractivity contribution in [1.82, 2.24) is 4.72 Å². The second-order valence-electron chi connectivity index (χ2n) is 6.46. The van der Waals surface area contributed by atoms with Crippen molar-refractivity contribution < 1.29 is 17.9 Å². The predicted molar refractivity (Wildman–Crippen MR) is 92.9 cm³/mol. The fraction of sp³-hybridized carbons (Fsp3) is 0.588. The molecular formula is C17H24N2O4S. The molecule has 2 aliphatic carbocycles. The highest BCUT2D eigenvalue weighted by atomic mass is 32.2. The summed E-state index contributed by atoms with van der Waals surface area (Å²) in [7, 11) is -2.13. The number of urea groups is 1. The zero-order chi connectivity index (χ0) is 17.2. The lowest BCUT2D eigenvalue weighted by Gasteiger charge is -2.16. The summed E-state index contributed by atoms with van der Waals surface area (Å²) >= 11 is 0. The molecule has 0 unspecified atom stereocenters. The molecule has 0 bridgehead atoms. The first kappa shape index (κ1) is 17.2. The van der Waals surface area contributed by atoms with Crippen LogP contribution >= 0.6 is 0 Å². The van der Waals surface area contributed by atoms with Gasteiger partial charge in [0.2, 0.25) is 10.0 Å². The number of rotatable bonds is 6. The van der Waals surface area contributed by atoms with Gasteiger partial charge in [0.15, 0.2) is 0 Å². The number of carbonyl (C=O) groups excluding carboxylic acids is 1. The number of methoxy groups -OCH3 is 1. The van der Waals surface area contributed by atoms with Crippen molar-refractivity contribution >= 4 is 21.7 Å². The van der Waals surface area contributed by atoms with Crippen LogP contribution in [0.25, 0.3) is 0 Å². The fourth-order valence-electron chi connectivity index (χ4n) is 3.69. The van der Waals surface area contributed by atoms with E-state index in [1.54, 1.807) is 0 Å². The third-order valence-electron chi connectivity index (χ3n) is 4.72. The molecule has 0 atom stereocenters. The molecule has 24 heavy (non-hydrogen) atoms. The first-order valence-electron chi connectivity index (χ1n) is 8.47. The van der Waals surface area contributed by atoms with Crippen LogP contribution in [0.5, 0.6) is 0 Å². The average molecular weight is 352 g/mol. The van der Waals surface area contributed by atoms with Crippen LogP contribution in [0.4, 0.5) is 10.5 Å². The summed E-state index contributed by atoms with van der Waals surface area (Å²) in [6.07, 6.45) is 6.49. The number of hydrogen-bond acceptors (Lipinski definition) is 4. The molecule has 0 saturated carbocycles. The second kappa shape index (κ2) is 7.11. The van der Waals surface area contributed by atoms with E-state index in [4.69, 9.17) is 4.74 Å². The molecule has 0 spiro atoms. The topological polar surface area (TPSA) is 84.5 Å². The number of sulfonamides is 1. The van der Waals surface area contributed by atoms with Gasteiger partial charge in [0, 0.05) is 19.4 Å². The number of amides is 2. The molecular weight excluding hydrogens is 328 g/mol. The van der Waals surface area contributed by atoms with Gasteiger partial charge in [-0.3, -0.25) is 0 Å². The van der Waals surface area contributed by atoms with E-state index in [0.29, 0.717) is 13.0 Å². The van der Waals surface area contributed by atoms with E-state index in [2.05, 4.69) is 16.1 Å². The van der Waals surface area contributed by atoms with Crippen molar-refractivity contribution in [1.29, 1.82) is 0 Å². The molecule has 0 fully saturated rings. The van der Waals surface area contributed by atoms with Gasteiger partial charge in [0.05, 0.1) is 5.75 Å². The van der Waals surface area contributed by atoms with E-state index < -0.39 is 16.1 Å². The summed E-state index contributed by atoms with van der Waals surface area (Å²) in [5, 5.41) is 2.83. The van der Waals surface area contributed by atoms with Gasteiger partial charge in [-0.15, -0.1) is 0 Å². The summed E-state index contributed by atoms with van der Waals surface area (Å²) < 4.78 is 30.9. The summed E-state index contributed by atoms with van der Waals surface area (Å²) in [6.45, 7) is 0.349. The van der Waals surface area contributed by atoms with Crippen molar-refractivity contribution in [2.75, 3.05) is 24.8 Å². The Morgan fingerprint density at radius 1 is 1.12 bits per heavy atom. The van der Waals surface area contributed by atoms with Gasteiger partial charge in [-0.2, -0.15) is 0 Å². The summed E-state index contributed by atoms with van der Waals surface area (Å²) in [4.78, 5) is 12.2. The Hall–Kier alpha value is -1.60. The number of ether oxygens (including phenoxy) is 1. The van der Waals surface area contributed by atoms with Crippen LogP contribution in [-0.2, 0) is 40.4 Å². The van der Waals surface area contributed by atoms with Crippen molar-refractivity contribution in [3.63, 3.8) is 0 Å². The number of fused-ring (bicyclic) bond motifs is 2. The second-order valence-corrected chi connectivity index (χ2v) is 8.30. The maximum Gasteiger partial charge on any atom is 0.332 e. The molecule has 2 aliphatic rings. The van der Waals surface area contributed by atoms with Crippen molar-refractivity contribution in [2.45, 2.75) is 44.9 Å². The summed E-state index contributed by atoms with van der Waals surface area (Å²) in [5.41, 5.74) is 5.81. The maximum absolute atomic E-state index is 12.2. The lowest BCUT2D eigenvalue weighted by atomic mass is 9.99. The molecule has 1 aromatic carbocycles. The zero-order valence-corrected chi connectivity index (χ0v) is 14.8. The maximum atomic E-state index is 12.2. The first-order valence-corrected chi connectivity index (χ1v) is 10.1. The van der Waals surface area contributed by atoms with E-state index in [0.717, 1.165) is 44.2 Å². The number of aryl methyl sites for hydroxylation is 2. The first-order chi connectivity index (χ1) is 11.5. The molecule has 3 rings (SSSR count). The Labute approximate surface area is 143 Å². The molecule has 6 nitrogen and oxygen atoms in total. The largest absolute Gasteiger partial charge is 0.385 e. The van der Waals surface area contributed by atoms with Gasteiger partial charge in [0.1, 0.15) is 0 Å². The van der Waals surface area contributed by atoms with E-state index in [9.17, 15) is 13.2 Å². The smallest absolute Gasteiger partial charge is 0.332 e. The van der Waals surface area contributed by atoms with Crippen LogP contribution in [0.3, 0.4) is 0 Å². The van der Waals surface area contributed by atoms with E-state index in [-0.39, 0.29) is 5.75 Å². The molecule has 0 heterocycles. The lowest BCUT2D eigenvalue weighted by Crippen LogP contribution is -2.36. The monoisotopic (exact) mass is 352 g/mol. The standard InChI is InChI=1S/C17H24N2O4S/c1-23-9-4-10-24(21,22)19-17(20)18-16-14-7-2-5-12(14)11-13-6-3-8-15(13)16/h11H,2-10H2,1H3,(H2,18,19,20). The highest BCUT2D eigenvalue weighted by Gasteiger charge is 2.25. The Morgan fingerprint density at radius 2 is 1.75 bits per heavy atom.